The normalized spacial score (nSPS) is 20.3. The van der Waals surface area contributed by atoms with Crippen LogP contribution in [-0.4, -0.2) is 37.6 Å². The molecule has 0 aromatic carbocycles. The predicted octanol–water partition coefficient (Wildman–Crippen LogP) is 3.17. The third kappa shape index (κ3) is 5.60. The number of carbonyl (C=O) groups excluding carboxylic acids is 1. The van der Waals surface area contributed by atoms with Crippen molar-refractivity contribution in [2.45, 2.75) is 39.5 Å². The largest absolute Gasteiger partial charge is 0.461 e. The molecule has 0 aromatic heterocycles. The van der Waals surface area contributed by atoms with Crippen LogP contribution in [0.3, 0.4) is 0 Å². The number of esters is 1. The van der Waals surface area contributed by atoms with Crippen LogP contribution < -0.4 is 0 Å². The van der Waals surface area contributed by atoms with Crippen molar-refractivity contribution in [3.05, 3.63) is 23.8 Å². The zero-order valence-corrected chi connectivity index (χ0v) is 12.5. The monoisotopic (exact) mass is 265 g/mol. The maximum atomic E-state index is 11.9. The molecule has 0 aromatic rings. The number of nitrogens with zero attached hydrogens (tertiary/aromatic N) is 1. The Bertz CT molecular complexity index is 326. The summed E-state index contributed by atoms with van der Waals surface area (Å²) >= 11 is 0. The summed E-state index contributed by atoms with van der Waals surface area (Å²) in [7, 11) is 2.10. The van der Waals surface area contributed by atoms with E-state index in [2.05, 4.69) is 30.2 Å². The third-order valence-electron chi connectivity index (χ3n) is 3.50. The first kappa shape index (κ1) is 16.0. The van der Waals surface area contributed by atoms with Crippen molar-refractivity contribution in [1.82, 2.24) is 4.90 Å². The van der Waals surface area contributed by atoms with E-state index in [9.17, 15) is 4.79 Å². The van der Waals surface area contributed by atoms with Crippen LogP contribution in [0, 0.1) is 5.92 Å². The van der Waals surface area contributed by atoms with Gasteiger partial charge in [-0.3, -0.25) is 4.79 Å². The summed E-state index contributed by atoms with van der Waals surface area (Å²) in [5.41, 5.74) is 1.14. The van der Waals surface area contributed by atoms with Gasteiger partial charge in [0.2, 0.25) is 0 Å². The molecule has 3 nitrogen and oxygen atoms in total. The summed E-state index contributed by atoms with van der Waals surface area (Å²) in [6.45, 7) is 6.45. The number of rotatable bonds is 3. The zero-order chi connectivity index (χ0) is 14.1. The first-order valence-electron chi connectivity index (χ1n) is 7.46. The first-order valence-corrected chi connectivity index (χ1v) is 7.46. The van der Waals surface area contributed by atoms with Gasteiger partial charge in [0, 0.05) is 0 Å². The standard InChI is InChI=1S/C14H21NO2.C2H6/c1-15-9-7-13(8-10-15)14(16)17-11-12-5-3-2-4-6-12;1-2/h3,5-6,13H,2,4,7-11H2,1H3;1-2H3. The van der Waals surface area contributed by atoms with Crippen molar-refractivity contribution in [2.24, 2.45) is 5.92 Å². The van der Waals surface area contributed by atoms with E-state index in [1.807, 2.05) is 13.8 Å². The molecule has 0 spiro atoms. The lowest BCUT2D eigenvalue weighted by Crippen LogP contribution is -2.34. The summed E-state index contributed by atoms with van der Waals surface area (Å²) in [6, 6.07) is 0. The first-order chi connectivity index (χ1) is 9.25. The average molecular weight is 265 g/mol. The Labute approximate surface area is 117 Å². The summed E-state index contributed by atoms with van der Waals surface area (Å²) in [6.07, 6.45) is 10.4. The van der Waals surface area contributed by atoms with Crippen LogP contribution in [0.1, 0.15) is 39.5 Å². The van der Waals surface area contributed by atoms with Gasteiger partial charge in [0.25, 0.3) is 0 Å². The molecular formula is C16H27NO2. The van der Waals surface area contributed by atoms with Crippen LogP contribution in [0.4, 0.5) is 0 Å². The lowest BCUT2D eigenvalue weighted by atomic mass is 9.97. The molecule has 0 atom stereocenters. The molecule has 0 amide bonds. The van der Waals surface area contributed by atoms with Gasteiger partial charge in [-0.1, -0.05) is 32.1 Å². The number of hydrogen-bond donors (Lipinski definition) is 0. The molecule has 108 valence electrons. The number of likely N-dealkylation sites (tertiary alicyclic amines) is 1. The lowest BCUT2D eigenvalue weighted by Gasteiger charge is -2.27. The fourth-order valence-corrected chi connectivity index (χ4v) is 2.29. The molecule has 0 N–H and O–H groups in total. The maximum Gasteiger partial charge on any atom is 0.309 e. The van der Waals surface area contributed by atoms with Crippen LogP contribution in [0.15, 0.2) is 23.8 Å². The van der Waals surface area contributed by atoms with Gasteiger partial charge in [0.05, 0.1) is 5.92 Å². The van der Waals surface area contributed by atoms with Gasteiger partial charge in [0.15, 0.2) is 0 Å². The fraction of sp³-hybridized carbons (Fsp3) is 0.688. The number of hydrogen-bond acceptors (Lipinski definition) is 3. The topological polar surface area (TPSA) is 29.5 Å². The smallest absolute Gasteiger partial charge is 0.309 e. The van der Waals surface area contributed by atoms with Gasteiger partial charge in [-0.2, -0.15) is 0 Å². The molecule has 0 saturated carbocycles. The minimum atomic E-state index is -0.0158. The summed E-state index contributed by atoms with van der Waals surface area (Å²) in [5, 5.41) is 0. The SMILES string of the molecule is CC.CN1CCC(C(=O)OCC2=CCCC=C2)CC1. The summed E-state index contributed by atoms with van der Waals surface area (Å²) < 4.78 is 5.38. The molecule has 0 bridgehead atoms. The Hall–Kier alpha value is -1.09. The molecule has 1 fully saturated rings. The van der Waals surface area contributed by atoms with Crippen LogP contribution in [0.2, 0.25) is 0 Å². The van der Waals surface area contributed by atoms with E-state index in [-0.39, 0.29) is 11.9 Å². The van der Waals surface area contributed by atoms with E-state index < -0.39 is 0 Å². The average Bonchev–Trinajstić information content (AvgIpc) is 2.49. The Kier molecular flexibility index (Phi) is 7.49. The van der Waals surface area contributed by atoms with Gasteiger partial charge >= 0.3 is 5.97 Å². The molecule has 0 radical (unpaired) electrons. The van der Waals surface area contributed by atoms with Gasteiger partial charge < -0.3 is 9.64 Å². The van der Waals surface area contributed by atoms with E-state index in [0.29, 0.717) is 6.61 Å². The molecule has 19 heavy (non-hydrogen) atoms. The van der Waals surface area contributed by atoms with Gasteiger partial charge in [-0.25, -0.2) is 0 Å². The molecule has 1 saturated heterocycles. The van der Waals surface area contributed by atoms with Gasteiger partial charge in [-0.05, 0) is 51.4 Å². The Morgan fingerprint density at radius 3 is 2.58 bits per heavy atom. The van der Waals surface area contributed by atoms with E-state index in [0.717, 1.165) is 44.3 Å². The fourth-order valence-electron chi connectivity index (χ4n) is 2.29. The van der Waals surface area contributed by atoms with Crippen molar-refractivity contribution < 1.29 is 9.53 Å². The highest BCUT2D eigenvalue weighted by Crippen LogP contribution is 2.18. The van der Waals surface area contributed by atoms with Crippen LogP contribution >= 0.6 is 0 Å². The minimum Gasteiger partial charge on any atom is -0.461 e. The highest BCUT2D eigenvalue weighted by atomic mass is 16.5. The summed E-state index contributed by atoms with van der Waals surface area (Å²) in [5.74, 6) is 0.0948. The number of ether oxygens (including phenoxy) is 1. The molecule has 1 heterocycles. The van der Waals surface area contributed by atoms with Crippen molar-refractivity contribution in [1.29, 1.82) is 0 Å². The minimum absolute atomic E-state index is 0.0158. The number of piperidine rings is 1. The van der Waals surface area contributed by atoms with Crippen LogP contribution in [-0.2, 0) is 9.53 Å². The van der Waals surface area contributed by atoms with Gasteiger partial charge in [-0.15, -0.1) is 0 Å². The third-order valence-corrected chi connectivity index (χ3v) is 3.50. The second kappa shape index (κ2) is 8.92. The predicted molar refractivity (Wildman–Crippen MR) is 79.0 cm³/mol. The van der Waals surface area contributed by atoms with Crippen LogP contribution in [0.5, 0.6) is 0 Å². The number of carbonyl (C=O) groups is 1. The van der Waals surface area contributed by atoms with Crippen molar-refractivity contribution in [3.63, 3.8) is 0 Å². The Morgan fingerprint density at radius 2 is 2.00 bits per heavy atom. The lowest BCUT2D eigenvalue weighted by molar-refractivity contribution is -0.149. The molecule has 2 aliphatic rings. The Balaban J connectivity index is 0.000000861. The highest BCUT2D eigenvalue weighted by molar-refractivity contribution is 5.72. The highest BCUT2D eigenvalue weighted by Gasteiger charge is 2.24. The van der Waals surface area contributed by atoms with E-state index >= 15 is 0 Å². The van der Waals surface area contributed by atoms with Crippen molar-refractivity contribution >= 4 is 5.97 Å². The van der Waals surface area contributed by atoms with Crippen molar-refractivity contribution in [2.75, 3.05) is 26.7 Å². The van der Waals surface area contributed by atoms with Crippen LogP contribution in [0.25, 0.3) is 0 Å². The van der Waals surface area contributed by atoms with Crippen molar-refractivity contribution in [3.8, 4) is 0 Å². The second-order valence-corrected chi connectivity index (χ2v) is 4.94. The second-order valence-electron chi connectivity index (χ2n) is 4.94. The quantitative estimate of drug-likeness (QED) is 0.734. The van der Waals surface area contributed by atoms with E-state index in [4.69, 9.17) is 4.74 Å². The Morgan fingerprint density at radius 1 is 1.32 bits per heavy atom. The van der Waals surface area contributed by atoms with E-state index in [1.165, 1.54) is 0 Å². The number of allylic oxidation sites excluding steroid dienone is 2. The molecule has 1 aliphatic carbocycles. The maximum absolute atomic E-state index is 11.9. The molecule has 2 rings (SSSR count). The molecular weight excluding hydrogens is 238 g/mol. The van der Waals surface area contributed by atoms with E-state index in [1.54, 1.807) is 0 Å². The molecule has 1 aliphatic heterocycles. The molecule has 3 heteroatoms. The summed E-state index contributed by atoms with van der Waals surface area (Å²) in [4.78, 5) is 14.1. The van der Waals surface area contributed by atoms with Gasteiger partial charge in [0.1, 0.15) is 6.61 Å². The molecule has 0 unspecified atom stereocenters. The zero-order valence-electron chi connectivity index (χ0n) is 12.5.